The Bertz CT molecular complexity index is 1030. The zero-order valence-electron chi connectivity index (χ0n) is 15.5. The van der Waals surface area contributed by atoms with Crippen LogP contribution in [0.15, 0.2) is 48.7 Å². The molecule has 3 heterocycles. The Kier molecular flexibility index (Phi) is 5.41. The highest BCUT2D eigenvalue weighted by atomic mass is 19.1. The molecule has 2 aromatic heterocycles. The monoisotopic (exact) mass is 395 g/mol. The van der Waals surface area contributed by atoms with Gasteiger partial charge in [-0.2, -0.15) is 0 Å². The van der Waals surface area contributed by atoms with E-state index in [0.717, 1.165) is 11.1 Å². The Balaban J connectivity index is 1.34. The summed E-state index contributed by atoms with van der Waals surface area (Å²) in [6.07, 6.45) is 0.370. The van der Waals surface area contributed by atoms with E-state index < -0.39 is 12.0 Å². The van der Waals surface area contributed by atoms with Crippen molar-refractivity contribution in [3.05, 3.63) is 71.3 Å². The van der Waals surface area contributed by atoms with E-state index in [1.165, 1.54) is 18.3 Å². The normalized spacial score (nSPS) is 13.7. The number of nitrogens with zero attached hydrogens (tertiary/aromatic N) is 3. The topological polar surface area (TPSA) is 79.8 Å². The molecule has 4 rings (SSSR count). The second-order valence-electron chi connectivity index (χ2n) is 6.77. The first-order chi connectivity index (χ1) is 14.1. The molecule has 8 heteroatoms. The summed E-state index contributed by atoms with van der Waals surface area (Å²) in [6, 6.07) is 11.8. The van der Waals surface area contributed by atoms with Crippen molar-refractivity contribution < 1.29 is 13.6 Å². The minimum absolute atomic E-state index is 0.0646. The molecule has 0 radical (unpaired) electrons. The van der Waals surface area contributed by atoms with Crippen molar-refractivity contribution in [3.63, 3.8) is 0 Å². The predicted octanol–water partition coefficient (Wildman–Crippen LogP) is 3.30. The second-order valence-corrected chi connectivity index (χ2v) is 6.77. The number of pyridine rings is 1. The van der Waals surface area contributed by atoms with Crippen molar-refractivity contribution in [3.8, 4) is 11.3 Å². The maximum atomic E-state index is 14.1. The molecule has 1 aromatic carbocycles. The second kappa shape index (κ2) is 8.30. The SMILES string of the molecule is O=C1NCc2c1cccc2-c1ccc(NCC[C@H](F)Cc2ncccc2F)nn1. The fourth-order valence-electron chi connectivity index (χ4n) is 3.30. The number of carbonyl (C=O) groups is 1. The summed E-state index contributed by atoms with van der Waals surface area (Å²) >= 11 is 0. The molecule has 0 saturated heterocycles. The number of aromatic nitrogens is 3. The molecular formula is C21H19F2N5O. The molecule has 29 heavy (non-hydrogen) atoms. The number of rotatable bonds is 7. The number of hydrogen-bond donors (Lipinski definition) is 2. The van der Waals surface area contributed by atoms with Crippen LogP contribution in [0, 0.1) is 5.82 Å². The van der Waals surface area contributed by atoms with Crippen LogP contribution in [-0.2, 0) is 13.0 Å². The van der Waals surface area contributed by atoms with Crippen LogP contribution < -0.4 is 10.6 Å². The summed E-state index contributed by atoms with van der Waals surface area (Å²) in [5.41, 5.74) is 3.23. The smallest absolute Gasteiger partial charge is 0.251 e. The number of amides is 1. The van der Waals surface area contributed by atoms with E-state index in [1.807, 2.05) is 18.2 Å². The molecule has 1 atom stereocenters. The molecule has 0 bridgehead atoms. The van der Waals surface area contributed by atoms with E-state index in [1.54, 1.807) is 12.1 Å². The van der Waals surface area contributed by atoms with Crippen molar-refractivity contribution in [2.24, 2.45) is 0 Å². The first kappa shape index (κ1) is 18.9. The van der Waals surface area contributed by atoms with E-state index in [4.69, 9.17) is 0 Å². The van der Waals surface area contributed by atoms with Gasteiger partial charge in [0.15, 0.2) is 0 Å². The Morgan fingerprint density at radius 2 is 1.97 bits per heavy atom. The number of carbonyl (C=O) groups excluding carboxylic acids is 1. The maximum absolute atomic E-state index is 14.1. The molecule has 1 aliphatic rings. The standard InChI is InChI=1S/C21H19F2N5O/c22-13(11-19-17(23)5-2-9-24-19)8-10-25-20-7-6-18(27-28-20)14-3-1-4-15-16(14)12-26-21(15)29/h1-7,9,13H,8,10-12H2,(H,25,28)(H,26,29)/t13-/m0/s1. The summed E-state index contributed by atoms with van der Waals surface area (Å²) in [5.74, 6) is -0.0555. The number of anilines is 1. The average molecular weight is 395 g/mol. The Labute approximate surface area is 166 Å². The van der Waals surface area contributed by atoms with Gasteiger partial charge in [0.05, 0.1) is 11.4 Å². The molecule has 0 saturated carbocycles. The van der Waals surface area contributed by atoms with Crippen LogP contribution in [0.25, 0.3) is 11.3 Å². The predicted molar refractivity (Wildman–Crippen MR) is 105 cm³/mol. The number of halogens is 2. The molecule has 1 aliphatic heterocycles. The summed E-state index contributed by atoms with van der Waals surface area (Å²) in [5, 5.41) is 14.2. The quantitative estimate of drug-likeness (QED) is 0.642. The number of hydrogen-bond acceptors (Lipinski definition) is 5. The van der Waals surface area contributed by atoms with Crippen molar-refractivity contribution in [1.82, 2.24) is 20.5 Å². The number of benzene rings is 1. The van der Waals surface area contributed by atoms with Gasteiger partial charge in [-0.15, -0.1) is 10.2 Å². The van der Waals surface area contributed by atoms with Crippen LogP contribution in [0.1, 0.15) is 28.0 Å². The van der Waals surface area contributed by atoms with Crippen molar-refractivity contribution >= 4 is 11.7 Å². The summed E-state index contributed by atoms with van der Waals surface area (Å²) in [7, 11) is 0. The number of alkyl halides is 1. The zero-order chi connectivity index (χ0) is 20.2. The number of nitrogens with one attached hydrogen (secondary N) is 2. The van der Waals surface area contributed by atoms with Crippen molar-refractivity contribution in [2.45, 2.75) is 25.6 Å². The van der Waals surface area contributed by atoms with Crippen molar-refractivity contribution in [1.29, 1.82) is 0 Å². The van der Waals surface area contributed by atoms with Gasteiger partial charge in [-0.3, -0.25) is 9.78 Å². The highest BCUT2D eigenvalue weighted by Crippen LogP contribution is 2.27. The zero-order valence-corrected chi connectivity index (χ0v) is 15.5. The fraction of sp³-hybridized carbons (Fsp3) is 0.238. The van der Waals surface area contributed by atoms with Gasteiger partial charge in [0.25, 0.3) is 5.91 Å². The molecule has 2 N–H and O–H groups in total. The third-order valence-electron chi connectivity index (χ3n) is 4.80. The molecule has 1 amide bonds. The third kappa shape index (κ3) is 4.21. The third-order valence-corrected chi connectivity index (χ3v) is 4.80. The molecule has 0 spiro atoms. The molecular weight excluding hydrogens is 376 g/mol. The Hall–Kier alpha value is -3.42. The van der Waals surface area contributed by atoms with Crippen LogP contribution in [0.3, 0.4) is 0 Å². The van der Waals surface area contributed by atoms with E-state index in [2.05, 4.69) is 25.8 Å². The molecule has 0 aliphatic carbocycles. The molecule has 148 valence electrons. The lowest BCUT2D eigenvalue weighted by Crippen LogP contribution is -2.14. The first-order valence-corrected chi connectivity index (χ1v) is 9.33. The average Bonchev–Trinajstić information content (AvgIpc) is 3.11. The van der Waals surface area contributed by atoms with Gasteiger partial charge in [0, 0.05) is 36.8 Å². The highest BCUT2D eigenvalue weighted by molar-refractivity contribution is 6.00. The molecule has 0 unspecified atom stereocenters. The largest absolute Gasteiger partial charge is 0.368 e. The van der Waals surface area contributed by atoms with Gasteiger partial charge in [0.2, 0.25) is 0 Å². The molecule has 6 nitrogen and oxygen atoms in total. The van der Waals surface area contributed by atoms with Gasteiger partial charge in [-0.05, 0) is 42.3 Å². The van der Waals surface area contributed by atoms with E-state index in [0.29, 0.717) is 30.2 Å². The highest BCUT2D eigenvalue weighted by Gasteiger charge is 2.22. The minimum atomic E-state index is -1.21. The van der Waals surface area contributed by atoms with Gasteiger partial charge >= 0.3 is 0 Å². The van der Waals surface area contributed by atoms with E-state index in [9.17, 15) is 13.6 Å². The van der Waals surface area contributed by atoms with Crippen LogP contribution in [0.2, 0.25) is 0 Å². The Morgan fingerprint density at radius 1 is 1.10 bits per heavy atom. The number of fused-ring (bicyclic) bond motifs is 1. The molecule has 0 fully saturated rings. The van der Waals surface area contributed by atoms with Crippen LogP contribution in [0.4, 0.5) is 14.6 Å². The van der Waals surface area contributed by atoms with Gasteiger partial charge in [0.1, 0.15) is 17.8 Å². The lowest BCUT2D eigenvalue weighted by atomic mass is 10.0. The summed E-state index contributed by atoms with van der Waals surface area (Å²) in [4.78, 5) is 15.7. The lowest BCUT2D eigenvalue weighted by Gasteiger charge is -2.10. The fourth-order valence-corrected chi connectivity index (χ4v) is 3.30. The first-order valence-electron chi connectivity index (χ1n) is 9.33. The van der Waals surface area contributed by atoms with Crippen LogP contribution in [-0.4, -0.2) is 33.8 Å². The Morgan fingerprint density at radius 3 is 2.76 bits per heavy atom. The van der Waals surface area contributed by atoms with E-state index >= 15 is 0 Å². The molecule has 3 aromatic rings. The van der Waals surface area contributed by atoms with Gasteiger partial charge in [-0.1, -0.05) is 12.1 Å². The lowest BCUT2D eigenvalue weighted by molar-refractivity contribution is 0.0965. The van der Waals surface area contributed by atoms with Crippen LogP contribution >= 0.6 is 0 Å². The van der Waals surface area contributed by atoms with Gasteiger partial charge in [-0.25, -0.2) is 8.78 Å². The summed E-state index contributed by atoms with van der Waals surface area (Å²) < 4.78 is 27.6. The van der Waals surface area contributed by atoms with Gasteiger partial charge < -0.3 is 10.6 Å². The van der Waals surface area contributed by atoms with Crippen molar-refractivity contribution in [2.75, 3.05) is 11.9 Å². The summed E-state index contributed by atoms with van der Waals surface area (Å²) in [6.45, 7) is 0.809. The maximum Gasteiger partial charge on any atom is 0.251 e. The van der Waals surface area contributed by atoms with Crippen LogP contribution in [0.5, 0.6) is 0 Å². The minimum Gasteiger partial charge on any atom is -0.368 e. The van der Waals surface area contributed by atoms with E-state index in [-0.39, 0.29) is 24.4 Å².